The number of carbonyl (C=O) groups is 4. The smallest absolute Gasteiger partial charge is 0.338 e. The number of anilines is 1. The van der Waals surface area contributed by atoms with E-state index in [9.17, 15) is 19.2 Å². The predicted octanol–water partition coefficient (Wildman–Crippen LogP) is 5.07. The molecule has 0 fully saturated rings. The van der Waals surface area contributed by atoms with Crippen LogP contribution in [0.5, 0.6) is 0 Å². The van der Waals surface area contributed by atoms with Crippen LogP contribution in [0.1, 0.15) is 54.8 Å². The van der Waals surface area contributed by atoms with Gasteiger partial charge in [0.25, 0.3) is 11.8 Å². The Bertz CT molecular complexity index is 1220. The fourth-order valence-corrected chi connectivity index (χ4v) is 3.86. The van der Waals surface area contributed by atoms with Crippen LogP contribution in [-0.2, 0) is 4.74 Å². The number of ketones is 1. The zero-order chi connectivity index (χ0) is 22.8. The summed E-state index contributed by atoms with van der Waals surface area (Å²) >= 11 is 3.31. The van der Waals surface area contributed by atoms with E-state index in [-0.39, 0.29) is 11.3 Å². The zero-order valence-corrected chi connectivity index (χ0v) is 18.7. The number of esters is 1. The molecule has 3 aromatic carbocycles. The van der Waals surface area contributed by atoms with Crippen LogP contribution in [-0.4, -0.2) is 29.7 Å². The number of nitrogens with zero attached hydrogens (tertiary/aromatic N) is 1. The summed E-state index contributed by atoms with van der Waals surface area (Å²) in [4.78, 5) is 51.7. The van der Waals surface area contributed by atoms with E-state index in [1.807, 2.05) is 0 Å². The molecule has 160 valence electrons. The lowest BCUT2D eigenvalue weighted by Crippen LogP contribution is -2.29. The SMILES string of the molecule is CC[C@H](OC(=O)c1ccc(N2C(=O)c3ccc(Br)cc3C2=O)cc1)C(=O)c1ccccc1. The van der Waals surface area contributed by atoms with Crippen molar-refractivity contribution in [2.45, 2.75) is 19.4 Å². The number of Topliss-reactive ketones (excluding diaryl/α,β-unsaturated/α-hetero) is 1. The van der Waals surface area contributed by atoms with Crippen molar-refractivity contribution in [1.82, 2.24) is 0 Å². The first-order chi connectivity index (χ1) is 15.4. The highest BCUT2D eigenvalue weighted by Gasteiger charge is 2.36. The molecule has 0 saturated carbocycles. The van der Waals surface area contributed by atoms with E-state index < -0.39 is 23.9 Å². The molecule has 0 N–H and O–H groups in total. The van der Waals surface area contributed by atoms with Crippen LogP contribution in [0.25, 0.3) is 0 Å². The van der Waals surface area contributed by atoms with E-state index in [1.54, 1.807) is 55.5 Å². The standard InChI is InChI=1S/C25H18BrNO5/c1-2-21(22(28)15-6-4-3-5-7-15)32-25(31)16-8-11-18(12-9-16)27-23(29)19-13-10-17(26)14-20(19)24(27)30/h3-14,21H,2H2,1H3/t21-/m0/s1. The van der Waals surface area contributed by atoms with Crippen molar-refractivity contribution in [2.75, 3.05) is 4.90 Å². The fraction of sp³-hybridized carbons (Fsp3) is 0.120. The maximum absolute atomic E-state index is 12.7. The van der Waals surface area contributed by atoms with E-state index in [2.05, 4.69) is 15.9 Å². The molecule has 1 aliphatic heterocycles. The molecular formula is C25H18BrNO5. The number of imide groups is 1. The number of amides is 2. The molecule has 7 heteroatoms. The Kier molecular flexibility index (Phi) is 6.01. The molecule has 2 amide bonds. The highest BCUT2D eigenvalue weighted by molar-refractivity contribution is 9.10. The number of benzene rings is 3. The van der Waals surface area contributed by atoms with Crippen LogP contribution < -0.4 is 4.90 Å². The van der Waals surface area contributed by atoms with E-state index in [0.29, 0.717) is 33.3 Å². The molecule has 4 rings (SSSR count). The summed E-state index contributed by atoms with van der Waals surface area (Å²) in [7, 11) is 0. The summed E-state index contributed by atoms with van der Waals surface area (Å²) in [5.74, 6) is -1.78. The summed E-state index contributed by atoms with van der Waals surface area (Å²) < 4.78 is 6.13. The molecule has 3 aromatic rings. The molecule has 1 aliphatic rings. The van der Waals surface area contributed by atoms with Gasteiger partial charge in [0.05, 0.1) is 22.4 Å². The largest absolute Gasteiger partial charge is 0.450 e. The Morgan fingerprint density at radius 3 is 2.19 bits per heavy atom. The number of fused-ring (bicyclic) bond motifs is 1. The number of hydrogen-bond acceptors (Lipinski definition) is 5. The lowest BCUT2D eigenvalue weighted by molar-refractivity contribution is 0.0277. The van der Waals surface area contributed by atoms with Crippen LogP contribution in [0.4, 0.5) is 5.69 Å². The number of ether oxygens (including phenoxy) is 1. The van der Waals surface area contributed by atoms with Gasteiger partial charge in [0.2, 0.25) is 5.78 Å². The van der Waals surface area contributed by atoms with Crippen molar-refractivity contribution < 1.29 is 23.9 Å². The average Bonchev–Trinajstić information content (AvgIpc) is 3.06. The summed E-state index contributed by atoms with van der Waals surface area (Å²) in [5, 5.41) is 0. The Labute approximate surface area is 192 Å². The molecule has 0 aliphatic carbocycles. The number of halogens is 1. The second-order valence-electron chi connectivity index (χ2n) is 7.21. The lowest BCUT2D eigenvalue weighted by atomic mass is 10.0. The van der Waals surface area contributed by atoms with Gasteiger partial charge in [-0.3, -0.25) is 14.4 Å². The lowest BCUT2D eigenvalue weighted by Gasteiger charge is -2.16. The molecule has 0 radical (unpaired) electrons. The monoisotopic (exact) mass is 491 g/mol. The minimum atomic E-state index is -0.903. The molecule has 0 saturated heterocycles. The molecule has 32 heavy (non-hydrogen) atoms. The van der Waals surface area contributed by atoms with Crippen LogP contribution in [0.2, 0.25) is 0 Å². The molecule has 6 nitrogen and oxygen atoms in total. The Hall–Kier alpha value is -3.58. The molecule has 1 heterocycles. The minimum absolute atomic E-state index is 0.215. The summed E-state index contributed by atoms with van der Waals surface area (Å²) in [6.07, 6.45) is -0.568. The quantitative estimate of drug-likeness (QED) is 0.273. The third kappa shape index (κ3) is 3.99. The first-order valence-electron chi connectivity index (χ1n) is 9.99. The topological polar surface area (TPSA) is 80.8 Å². The molecule has 0 aromatic heterocycles. The summed E-state index contributed by atoms with van der Waals surface area (Å²) in [6, 6.07) is 19.5. The second kappa shape index (κ2) is 8.88. The van der Waals surface area contributed by atoms with Gasteiger partial charge in [0, 0.05) is 10.0 Å². The third-order valence-electron chi connectivity index (χ3n) is 5.18. The van der Waals surface area contributed by atoms with Gasteiger partial charge in [0.1, 0.15) is 0 Å². The van der Waals surface area contributed by atoms with Crippen molar-refractivity contribution in [3.63, 3.8) is 0 Å². The molecule has 1 atom stereocenters. The highest BCUT2D eigenvalue weighted by Crippen LogP contribution is 2.30. The first-order valence-corrected chi connectivity index (χ1v) is 10.8. The van der Waals surface area contributed by atoms with Crippen LogP contribution in [0.15, 0.2) is 77.3 Å². The maximum Gasteiger partial charge on any atom is 0.338 e. The molecular weight excluding hydrogens is 474 g/mol. The molecule has 0 unspecified atom stereocenters. The van der Waals surface area contributed by atoms with Gasteiger partial charge in [-0.05, 0) is 48.9 Å². The van der Waals surface area contributed by atoms with E-state index in [0.717, 1.165) is 4.90 Å². The third-order valence-corrected chi connectivity index (χ3v) is 5.67. The van der Waals surface area contributed by atoms with Crippen LogP contribution >= 0.6 is 15.9 Å². The maximum atomic E-state index is 12.7. The van der Waals surface area contributed by atoms with Crippen LogP contribution in [0.3, 0.4) is 0 Å². The van der Waals surface area contributed by atoms with Crippen molar-refractivity contribution in [3.8, 4) is 0 Å². The van der Waals surface area contributed by atoms with Gasteiger partial charge >= 0.3 is 5.97 Å². The van der Waals surface area contributed by atoms with E-state index in [1.165, 1.54) is 24.3 Å². The summed E-state index contributed by atoms with van der Waals surface area (Å²) in [6.45, 7) is 1.77. The summed E-state index contributed by atoms with van der Waals surface area (Å²) in [5.41, 5.74) is 1.67. The fourth-order valence-electron chi connectivity index (χ4n) is 3.50. The van der Waals surface area contributed by atoms with Crippen molar-refractivity contribution in [2.24, 2.45) is 0 Å². The molecule has 0 spiro atoms. The predicted molar refractivity (Wildman–Crippen MR) is 122 cm³/mol. The number of rotatable bonds is 6. The Morgan fingerprint density at radius 2 is 1.53 bits per heavy atom. The van der Waals surface area contributed by atoms with Crippen molar-refractivity contribution in [3.05, 3.63) is 99.5 Å². The van der Waals surface area contributed by atoms with E-state index in [4.69, 9.17) is 4.74 Å². The number of carbonyl (C=O) groups excluding carboxylic acids is 4. The van der Waals surface area contributed by atoms with Gasteiger partial charge in [-0.15, -0.1) is 0 Å². The molecule has 0 bridgehead atoms. The Balaban J connectivity index is 1.50. The minimum Gasteiger partial charge on any atom is -0.450 e. The van der Waals surface area contributed by atoms with Gasteiger partial charge in [-0.25, -0.2) is 9.69 Å². The van der Waals surface area contributed by atoms with Gasteiger partial charge < -0.3 is 4.74 Å². The number of hydrogen-bond donors (Lipinski definition) is 0. The van der Waals surface area contributed by atoms with Crippen LogP contribution in [0, 0.1) is 0 Å². The zero-order valence-electron chi connectivity index (χ0n) is 17.1. The van der Waals surface area contributed by atoms with E-state index >= 15 is 0 Å². The highest BCUT2D eigenvalue weighted by atomic mass is 79.9. The average molecular weight is 492 g/mol. The second-order valence-corrected chi connectivity index (χ2v) is 8.13. The first kappa shape index (κ1) is 21.6. The van der Waals surface area contributed by atoms with Crippen molar-refractivity contribution in [1.29, 1.82) is 0 Å². The van der Waals surface area contributed by atoms with Gasteiger partial charge in [-0.2, -0.15) is 0 Å². The van der Waals surface area contributed by atoms with Crippen molar-refractivity contribution >= 4 is 45.2 Å². The normalized spacial score (nSPS) is 13.6. The van der Waals surface area contributed by atoms with Gasteiger partial charge in [-0.1, -0.05) is 53.2 Å². The van der Waals surface area contributed by atoms with Gasteiger partial charge in [0.15, 0.2) is 6.10 Å². The Morgan fingerprint density at radius 1 is 0.875 bits per heavy atom.